The summed E-state index contributed by atoms with van der Waals surface area (Å²) in [6.45, 7) is 4.27. The fourth-order valence-corrected chi connectivity index (χ4v) is 1.48. The van der Waals surface area contributed by atoms with Crippen molar-refractivity contribution in [2.24, 2.45) is 11.7 Å². The number of nitrogens with two attached hydrogens (primary N) is 1. The Balaban J connectivity index is 2.63. The smallest absolute Gasteiger partial charge is 0.239 e. The molecule has 1 amide bonds. The molecule has 0 unspecified atom stereocenters. The van der Waals surface area contributed by atoms with Gasteiger partial charge >= 0.3 is 0 Å². The first-order chi connectivity index (χ1) is 7.91. The van der Waals surface area contributed by atoms with Crippen LogP contribution in [0.4, 0.5) is 4.39 Å². The van der Waals surface area contributed by atoms with Crippen LogP contribution in [0.5, 0.6) is 0 Å². The number of halogens is 1. The molecule has 2 N–H and O–H groups in total. The maximum absolute atomic E-state index is 12.7. The number of carbonyl (C=O) groups is 1. The number of amides is 1. The number of hydrogen-bond donors (Lipinski definition) is 1. The van der Waals surface area contributed by atoms with Gasteiger partial charge in [-0.2, -0.15) is 0 Å². The minimum Gasteiger partial charge on any atom is -0.340 e. The Morgan fingerprint density at radius 3 is 2.35 bits per heavy atom. The lowest BCUT2D eigenvalue weighted by Crippen LogP contribution is -2.44. The predicted octanol–water partition coefficient (Wildman–Crippen LogP) is 1.77. The molecule has 0 fully saturated rings. The number of nitrogens with zero attached hydrogens (tertiary/aromatic N) is 1. The van der Waals surface area contributed by atoms with E-state index in [1.165, 1.54) is 12.1 Å². The lowest BCUT2D eigenvalue weighted by molar-refractivity contribution is -0.132. The number of rotatable bonds is 4. The van der Waals surface area contributed by atoms with Gasteiger partial charge in [0.1, 0.15) is 5.82 Å². The van der Waals surface area contributed by atoms with E-state index in [0.717, 1.165) is 5.56 Å². The molecule has 1 aromatic carbocycles. The summed E-state index contributed by atoms with van der Waals surface area (Å²) in [6.07, 6.45) is 0. The van der Waals surface area contributed by atoms with E-state index in [4.69, 9.17) is 5.73 Å². The van der Waals surface area contributed by atoms with E-state index in [9.17, 15) is 9.18 Å². The molecule has 0 aliphatic heterocycles. The maximum atomic E-state index is 12.7. The van der Waals surface area contributed by atoms with Crippen LogP contribution in [0, 0.1) is 11.7 Å². The minimum absolute atomic E-state index is 0.0932. The van der Waals surface area contributed by atoms with Crippen LogP contribution in [0.3, 0.4) is 0 Å². The van der Waals surface area contributed by atoms with Crippen LogP contribution in [0.1, 0.15) is 19.4 Å². The number of carbonyl (C=O) groups excluding carboxylic acids is 1. The predicted molar refractivity (Wildman–Crippen MR) is 65.7 cm³/mol. The molecule has 0 saturated heterocycles. The van der Waals surface area contributed by atoms with Crippen LogP contribution < -0.4 is 5.73 Å². The van der Waals surface area contributed by atoms with Gasteiger partial charge in [-0.25, -0.2) is 4.39 Å². The van der Waals surface area contributed by atoms with Crippen molar-refractivity contribution in [1.29, 1.82) is 0 Å². The molecule has 17 heavy (non-hydrogen) atoms. The van der Waals surface area contributed by atoms with E-state index in [0.29, 0.717) is 6.54 Å². The monoisotopic (exact) mass is 238 g/mol. The molecular formula is C13H19FN2O. The first kappa shape index (κ1) is 13.6. The third kappa shape index (κ3) is 3.82. The molecule has 3 nitrogen and oxygen atoms in total. The topological polar surface area (TPSA) is 46.3 Å². The zero-order chi connectivity index (χ0) is 13.0. The fraction of sp³-hybridized carbons (Fsp3) is 0.462. The van der Waals surface area contributed by atoms with Crippen molar-refractivity contribution in [3.63, 3.8) is 0 Å². The highest BCUT2D eigenvalue weighted by atomic mass is 19.1. The van der Waals surface area contributed by atoms with E-state index >= 15 is 0 Å². The number of likely N-dealkylation sites (N-methyl/N-ethyl adjacent to an activating group) is 1. The molecule has 1 atom stereocenters. The summed E-state index contributed by atoms with van der Waals surface area (Å²) >= 11 is 0. The van der Waals surface area contributed by atoms with Crippen LogP contribution in [0.15, 0.2) is 24.3 Å². The zero-order valence-corrected chi connectivity index (χ0v) is 10.5. The number of benzene rings is 1. The highest BCUT2D eigenvalue weighted by Gasteiger charge is 2.20. The molecule has 1 aromatic rings. The van der Waals surface area contributed by atoms with E-state index < -0.39 is 6.04 Å². The van der Waals surface area contributed by atoms with E-state index in [1.54, 1.807) is 24.1 Å². The van der Waals surface area contributed by atoms with E-state index in [-0.39, 0.29) is 17.6 Å². The molecular weight excluding hydrogens is 219 g/mol. The Labute approximate surface area is 101 Å². The highest BCUT2D eigenvalue weighted by Crippen LogP contribution is 2.08. The Hall–Kier alpha value is -1.42. The zero-order valence-electron chi connectivity index (χ0n) is 10.5. The Morgan fingerprint density at radius 1 is 1.35 bits per heavy atom. The Bertz CT molecular complexity index is 376. The maximum Gasteiger partial charge on any atom is 0.239 e. The molecule has 0 aliphatic carbocycles. The van der Waals surface area contributed by atoms with Crippen molar-refractivity contribution in [1.82, 2.24) is 4.90 Å². The molecule has 1 rings (SSSR count). The molecule has 0 aliphatic rings. The second kappa shape index (κ2) is 5.77. The third-order valence-corrected chi connectivity index (χ3v) is 2.71. The van der Waals surface area contributed by atoms with Gasteiger partial charge in [0, 0.05) is 13.6 Å². The molecule has 0 spiro atoms. The quantitative estimate of drug-likeness (QED) is 0.869. The lowest BCUT2D eigenvalue weighted by atomic mass is 10.0. The van der Waals surface area contributed by atoms with Gasteiger partial charge in [0.25, 0.3) is 0 Å². The minimum atomic E-state index is -0.486. The van der Waals surface area contributed by atoms with Crippen LogP contribution in [-0.4, -0.2) is 23.9 Å². The summed E-state index contributed by atoms with van der Waals surface area (Å²) < 4.78 is 12.7. The first-order valence-corrected chi connectivity index (χ1v) is 5.67. The molecule has 94 valence electrons. The second-order valence-electron chi connectivity index (χ2n) is 4.59. The molecule has 0 aromatic heterocycles. The van der Waals surface area contributed by atoms with E-state index in [1.807, 2.05) is 13.8 Å². The third-order valence-electron chi connectivity index (χ3n) is 2.71. The molecule has 0 radical (unpaired) electrons. The van der Waals surface area contributed by atoms with Gasteiger partial charge < -0.3 is 10.6 Å². The van der Waals surface area contributed by atoms with Crippen molar-refractivity contribution in [3.8, 4) is 0 Å². The average Bonchev–Trinajstić information content (AvgIpc) is 2.30. The van der Waals surface area contributed by atoms with Gasteiger partial charge in [0.05, 0.1) is 6.04 Å². The van der Waals surface area contributed by atoms with Crippen molar-refractivity contribution >= 4 is 5.91 Å². The summed E-state index contributed by atoms with van der Waals surface area (Å²) in [5.41, 5.74) is 6.67. The van der Waals surface area contributed by atoms with Gasteiger partial charge in [-0.15, -0.1) is 0 Å². The largest absolute Gasteiger partial charge is 0.340 e. The lowest BCUT2D eigenvalue weighted by Gasteiger charge is -2.23. The van der Waals surface area contributed by atoms with Crippen molar-refractivity contribution < 1.29 is 9.18 Å². The fourth-order valence-electron chi connectivity index (χ4n) is 1.48. The summed E-state index contributed by atoms with van der Waals surface area (Å²) in [6, 6.07) is 5.62. The van der Waals surface area contributed by atoms with Gasteiger partial charge in [-0.3, -0.25) is 4.79 Å². The summed E-state index contributed by atoms with van der Waals surface area (Å²) in [7, 11) is 1.70. The van der Waals surface area contributed by atoms with Crippen LogP contribution in [-0.2, 0) is 11.3 Å². The Morgan fingerprint density at radius 2 is 1.88 bits per heavy atom. The molecule has 0 bridgehead atoms. The average molecular weight is 238 g/mol. The van der Waals surface area contributed by atoms with Gasteiger partial charge in [-0.05, 0) is 23.6 Å². The highest BCUT2D eigenvalue weighted by molar-refractivity contribution is 5.81. The summed E-state index contributed by atoms with van der Waals surface area (Å²) in [5, 5.41) is 0. The van der Waals surface area contributed by atoms with E-state index in [2.05, 4.69) is 0 Å². The van der Waals surface area contributed by atoms with Crippen molar-refractivity contribution in [2.45, 2.75) is 26.4 Å². The van der Waals surface area contributed by atoms with Crippen molar-refractivity contribution in [3.05, 3.63) is 35.6 Å². The van der Waals surface area contributed by atoms with Crippen LogP contribution in [0.25, 0.3) is 0 Å². The first-order valence-electron chi connectivity index (χ1n) is 5.67. The summed E-state index contributed by atoms with van der Waals surface area (Å²) in [4.78, 5) is 13.4. The molecule has 4 heteroatoms. The van der Waals surface area contributed by atoms with Crippen LogP contribution in [0.2, 0.25) is 0 Å². The summed E-state index contributed by atoms with van der Waals surface area (Å²) in [5.74, 6) is -0.260. The SMILES string of the molecule is CC(C)[C@@H](N)C(=O)N(C)Cc1ccc(F)cc1. The van der Waals surface area contributed by atoms with Gasteiger partial charge in [-0.1, -0.05) is 26.0 Å². The standard InChI is InChI=1S/C13H19FN2O/c1-9(2)12(15)13(17)16(3)8-10-4-6-11(14)7-5-10/h4-7,9,12H,8,15H2,1-3H3/t12-/m1/s1. The van der Waals surface area contributed by atoms with Gasteiger partial charge in [0.15, 0.2) is 0 Å². The molecule has 0 heterocycles. The second-order valence-corrected chi connectivity index (χ2v) is 4.59. The number of hydrogen-bond acceptors (Lipinski definition) is 2. The van der Waals surface area contributed by atoms with Crippen molar-refractivity contribution in [2.75, 3.05) is 7.05 Å². The normalized spacial score (nSPS) is 12.6. The van der Waals surface area contributed by atoms with Gasteiger partial charge in [0.2, 0.25) is 5.91 Å². The molecule has 0 saturated carbocycles. The Kier molecular flexibility index (Phi) is 4.63. The van der Waals surface area contributed by atoms with Crippen LogP contribution >= 0.6 is 0 Å².